The Hall–Kier alpha value is -1.83. The number of fused-ring (bicyclic) bond motifs is 1. The van der Waals surface area contributed by atoms with Gasteiger partial charge in [0.2, 0.25) is 0 Å². The standard InChI is InChI=1S/C17H31N5O3/c1-19-15(20-10-5-9-18)25-13-17-7-4-11-22(17)14(6-8-17)12-24-16(23)21(2)3/h9,14,18H,4-8,10-13H2,1-3H3,(H,19,20)/t14-,17?/m1/s1. The van der Waals surface area contributed by atoms with Crippen molar-refractivity contribution in [2.24, 2.45) is 4.99 Å². The van der Waals surface area contributed by atoms with Crippen LogP contribution in [0.2, 0.25) is 0 Å². The molecule has 2 fully saturated rings. The molecular formula is C17H31N5O3. The highest BCUT2D eigenvalue weighted by molar-refractivity contribution is 5.73. The molecule has 1 unspecified atom stereocenters. The maximum atomic E-state index is 11.7. The lowest BCUT2D eigenvalue weighted by Gasteiger charge is -2.34. The van der Waals surface area contributed by atoms with Gasteiger partial charge in [0, 0.05) is 40.2 Å². The van der Waals surface area contributed by atoms with Gasteiger partial charge in [0.05, 0.1) is 5.54 Å². The first-order valence-corrected chi connectivity index (χ1v) is 8.97. The van der Waals surface area contributed by atoms with Gasteiger partial charge in [-0.05, 0) is 38.4 Å². The molecule has 1 amide bonds. The SMILES string of the molecule is CN/C(=N\CCC=N)OCC12CCCN1[C@@H](COC(=O)N(C)C)CC2. The second-order valence-corrected chi connectivity index (χ2v) is 6.90. The van der Waals surface area contributed by atoms with Gasteiger partial charge in [0.15, 0.2) is 0 Å². The zero-order valence-electron chi connectivity index (χ0n) is 15.6. The van der Waals surface area contributed by atoms with E-state index in [9.17, 15) is 4.79 Å². The summed E-state index contributed by atoms with van der Waals surface area (Å²) in [5.41, 5.74) is 0.0222. The van der Waals surface area contributed by atoms with Gasteiger partial charge >= 0.3 is 6.09 Å². The van der Waals surface area contributed by atoms with Crippen molar-refractivity contribution in [2.45, 2.75) is 43.7 Å². The molecule has 2 N–H and O–H groups in total. The van der Waals surface area contributed by atoms with Crippen molar-refractivity contribution in [2.75, 3.05) is 47.4 Å². The van der Waals surface area contributed by atoms with Gasteiger partial charge in [-0.3, -0.25) is 4.90 Å². The van der Waals surface area contributed by atoms with Crippen LogP contribution in [0.4, 0.5) is 4.79 Å². The maximum Gasteiger partial charge on any atom is 0.409 e. The molecule has 2 aliphatic heterocycles. The van der Waals surface area contributed by atoms with Gasteiger partial charge in [0.1, 0.15) is 13.2 Å². The van der Waals surface area contributed by atoms with E-state index in [0.717, 1.165) is 32.2 Å². The third-order valence-electron chi connectivity index (χ3n) is 5.02. The Labute approximate surface area is 150 Å². The fraction of sp³-hybridized carbons (Fsp3) is 0.824. The first kappa shape index (κ1) is 19.5. The number of amidine groups is 1. The number of aliphatic imine (C=N–C) groups is 1. The van der Waals surface area contributed by atoms with E-state index in [4.69, 9.17) is 14.9 Å². The van der Waals surface area contributed by atoms with Gasteiger partial charge in [-0.1, -0.05) is 0 Å². The zero-order chi connectivity index (χ0) is 18.3. The van der Waals surface area contributed by atoms with Gasteiger partial charge in [-0.2, -0.15) is 0 Å². The molecule has 2 atom stereocenters. The quantitative estimate of drug-likeness (QED) is 0.409. The molecule has 0 bridgehead atoms. The topological polar surface area (TPSA) is 90.2 Å². The molecule has 2 saturated heterocycles. The van der Waals surface area contributed by atoms with Crippen LogP contribution in [0.25, 0.3) is 0 Å². The van der Waals surface area contributed by atoms with Gasteiger partial charge in [-0.25, -0.2) is 9.79 Å². The molecule has 8 heteroatoms. The predicted octanol–water partition coefficient (Wildman–Crippen LogP) is 1.31. The van der Waals surface area contributed by atoms with Gasteiger partial charge in [-0.15, -0.1) is 0 Å². The van der Waals surface area contributed by atoms with Crippen LogP contribution in [-0.2, 0) is 9.47 Å². The van der Waals surface area contributed by atoms with Crippen LogP contribution in [0.3, 0.4) is 0 Å². The molecule has 0 aromatic carbocycles. The summed E-state index contributed by atoms with van der Waals surface area (Å²) in [6.07, 6.45) is 5.99. The molecule has 25 heavy (non-hydrogen) atoms. The second-order valence-electron chi connectivity index (χ2n) is 6.90. The van der Waals surface area contributed by atoms with Crippen LogP contribution in [0.15, 0.2) is 4.99 Å². The van der Waals surface area contributed by atoms with Crippen LogP contribution in [-0.4, -0.2) is 87.2 Å². The Morgan fingerprint density at radius 2 is 2.24 bits per heavy atom. The Balaban J connectivity index is 1.90. The van der Waals surface area contributed by atoms with E-state index < -0.39 is 0 Å². The molecule has 0 radical (unpaired) electrons. The monoisotopic (exact) mass is 353 g/mol. The van der Waals surface area contributed by atoms with Crippen molar-refractivity contribution < 1.29 is 14.3 Å². The van der Waals surface area contributed by atoms with E-state index in [-0.39, 0.29) is 17.7 Å². The largest absolute Gasteiger partial charge is 0.463 e. The van der Waals surface area contributed by atoms with Crippen molar-refractivity contribution >= 4 is 18.3 Å². The van der Waals surface area contributed by atoms with E-state index in [0.29, 0.717) is 32.2 Å². The van der Waals surface area contributed by atoms with Crippen molar-refractivity contribution in [1.82, 2.24) is 15.1 Å². The van der Waals surface area contributed by atoms with Crippen molar-refractivity contribution in [3.05, 3.63) is 0 Å². The molecule has 0 spiro atoms. The Bertz CT molecular complexity index is 497. The molecule has 2 aliphatic rings. The minimum absolute atomic E-state index is 0.0222. The lowest BCUT2D eigenvalue weighted by Crippen LogP contribution is -2.48. The minimum atomic E-state index is -0.288. The first-order chi connectivity index (χ1) is 12.0. The summed E-state index contributed by atoms with van der Waals surface area (Å²) < 4.78 is 11.3. The highest BCUT2D eigenvalue weighted by Crippen LogP contribution is 2.42. The van der Waals surface area contributed by atoms with Crippen molar-refractivity contribution in [1.29, 1.82) is 5.41 Å². The van der Waals surface area contributed by atoms with E-state index in [2.05, 4.69) is 15.2 Å². The number of ether oxygens (including phenoxy) is 2. The molecule has 0 aromatic heterocycles. The molecule has 2 heterocycles. The van der Waals surface area contributed by atoms with Crippen LogP contribution in [0.1, 0.15) is 32.1 Å². The third-order valence-corrected chi connectivity index (χ3v) is 5.02. The molecular weight excluding hydrogens is 322 g/mol. The Kier molecular flexibility index (Phi) is 7.04. The summed E-state index contributed by atoms with van der Waals surface area (Å²) in [4.78, 5) is 19.9. The van der Waals surface area contributed by atoms with E-state index in [1.807, 2.05) is 0 Å². The van der Waals surface area contributed by atoms with Gasteiger partial charge < -0.3 is 25.1 Å². The Morgan fingerprint density at radius 1 is 1.44 bits per heavy atom. The fourth-order valence-corrected chi connectivity index (χ4v) is 3.72. The maximum absolute atomic E-state index is 11.7. The normalized spacial score (nSPS) is 26.2. The summed E-state index contributed by atoms with van der Waals surface area (Å²) in [5.74, 6) is 0. The number of carbonyl (C=O) groups excluding carboxylic acids is 1. The molecule has 0 aliphatic carbocycles. The minimum Gasteiger partial charge on any atom is -0.463 e. The summed E-state index contributed by atoms with van der Waals surface area (Å²) >= 11 is 0. The lowest BCUT2D eigenvalue weighted by atomic mass is 9.95. The highest BCUT2D eigenvalue weighted by Gasteiger charge is 2.50. The number of nitrogens with zero attached hydrogens (tertiary/aromatic N) is 3. The molecule has 0 aromatic rings. The fourth-order valence-electron chi connectivity index (χ4n) is 3.72. The summed E-state index contributed by atoms with van der Waals surface area (Å²) in [7, 11) is 5.19. The molecule has 8 nitrogen and oxygen atoms in total. The number of carbonyl (C=O) groups is 1. The zero-order valence-corrected chi connectivity index (χ0v) is 15.6. The Morgan fingerprint density at radius 3 is 2.92 bits per heavy atom. The summed E-state index contributed by atoms with van der Waals surface area (Å²) in [6.45, 7) is 2.60. The molecule has 142 valence electrons. The average molecular weight is 353 g/mol. The molecule has 2 rings (SSSR count). The van der Waals surface area contributed by atoms with E-state index >= 15 is 0 Å². The van der Waals surface area contributed by atoms with Gasteiger partial charge in [0.25, 0.3) is 6.02 Å². The van der Waals surface area contributed by atoms with E-state index in [1.54, 1.807) is 21.1 Å². The van der Waals surface area contributed by atoms with Crippen LogP contribution >= 0.6 is 0 Å². The number of hydrogen-bond donors (Lipinski definition) is 2. The van der Waals surface area contributed by atoms with Crippen molar-refractivity contribution in [3.8, 4) is 0 Å². The number of nitrogens with one attached hydrogen (secondary N) is 2. The first-order valence-electron chi connectivity index (χ1n) is 8.97. The number of amides is 1. The molecule has 0 saturated carbocycles. The van der Waals surface area contributed by atoms with E-state index in [1.165, 1.54) is 11.1 Å². The summed E-state index contributed by atoms with van der Waals surface area (Å²) in [6, 6.07) is 0.799. The van der Waals surface area contributed by atoms with Crippen LogP contribution in [0, 0.1) is 5.41 Å². The van der Waals surface area contributed by atoms with Crippen molar-refractivity contribution in [3.63, 3.8) is 0 Å². The lowest BCUT2D eigenvalue weighted by molar-refractivity contribution is 0.0467. The van der Waals surface area contributed by atoms with Crippen LogP contribution < -0.4 is 5.32 Å². The summed E-state index contributed by atoms with van der Waals surface area (Å²) in [5, 5.41) is 10.0. The third kappa shape index (κ3) is 4.84. The van der Waals surface area contributed by atoms with Crippen LogP contribution in [0.5, 0.6) is 0 Å². The number of rotatable bonds is 7. The predicted molar refractivity (Wildman–Crippen MR) is 97.4 cm³/mol. The second kappa shape index (κ2) is 9.03. The smallest absolute Gasteiger partial charge is 0.409 e. The number of hydrogen-bond acceptors (Lipinski definition) is 6. The highest BCUT2D eigenvalue weighted by atomic mass is 16.6. The average Bonchev–Trinajstić information content (AvgIpc) is 3.15.